The third-order valence-electron chi connectivity index (χ3n) is 3.37. The Morgan fingerprint density at radius 2 is 2.20 bits per heavy atom. The van der Waals surface area contributed by atoms with Gasteiger partial charge in [-0.3, -0.25) is 4.79 Å². The fourth-order valence-corrected chi connectivity index (χ4v) is 3.49. The first kappa shape index (κ1) is 10.8. The van der Waals surface area contributed by atoms with Crippen LogP contribution in [0.15, 0.2) is 0 Å². The summed E-state index contributed by atoms with van der Waals surface area (Å²) in [4.78, 5) is 12.0. The molecule has 0 spiro atoms. The topological polar surface area (TPSA) is 52.9 Å². The van der Waals surface area contributed by atoms with Gasteiger partial charge in [-0.2, -0.15) is 17.0 Å². The maximum atomic E-state index is 12.0. The molecule has 1 aliphatic carbocycles. The van der Waals surface area contributed by atoms with E-state index in [0.717, 1.165) is 43.6 Å². The van der Waals surface area contributed by atoms with Crippen LogP contribution in [-0.4, -0.2) is 23.5 Å². The molecule has 4 heteroatoms. The first-order valence-electron chi connectivity index (χ1n) is 5.57. The Balaban J connectivity index is 1.96. The van der Waals surface area contributed by atoms with Crippen molar-refractivity contribution in [2.75, 3.05) is 11.5 Å². The van der Waals surface area contributed by atoms with E-state index in [1.165, 1.54) is 0 Å². The van der Waals surface area contributed by atoms with Gasteiger partial charge in [-0.05, 0) is 25.0 Å². The van der Waals surface area contributed by atoms with Crippen LogP contribution in [0.25, 0.3) is 0 Å². The van der Waals surface area contributed by atoms with Crippen LogP contribution in [0.1, 0.15) is 32.1 Å². The molecule has 1 unspecified atom stereocenters. The molecule has 1 atom stereocenters. The summed E-state index contributed by atoms with van der Waals surface area (Å²) < 4.78 is 0. The summed E-state index contributed by atoms with van der Waals surface area (Å²) in [6.45, 7) is 0. The number of hydrogen-bond acceptors (Lipinski definition) is 3. The van der Waals surface area contributed by atoms with E-state index < -0.39 is 5.41 Å². The summed E-state index contributed by atoms with van der Waals surface area (Å²) in [5, 5.41) is 12.2. The van der Waals surface area contributed by atoms with E-state index in [1.54, 1.807) is 0 Å². The standard InChI is InChI=1S/C11H16N2OS/c12-8-11(4-1-2-5-11)10(14)13-9-3-6-15-7-9/h9H,1-7H2,(H,13,14). The Morgan fingerprint density at radius 3 is 2.73 bits per heavy atom. The van der Waals surface area contributed by atoms with Gasteiger partial charge < -0.3 is 5.32 Å². The van der Waals surface area contributed by atoms with Crippen molar-refractivity contribution in [2.24, 2.45) is 5.41 Å². The number of carbonyl (C=O) groups excluding carboxylic acids is 1. The van der Waals surface area contributed by atoms with Crippen LogP contribution in [0, 0.1) is 16.7 Å². The Bertz CT molecular complexity index is 285. The van der Waals surface area contributed by atoms with Crippen molar-refractivity contribution in [3.05, 3.63) is 0 Å². The Kier molecular flexibility index (Phi) is 3.20. The van der Waals surface area contributed by atoms with Crippen molar-refractivity contribution in [2.45, 2.75) is 38.1 Å². The van der Waals surface area contributed by atoms with Gasteiger partial charge in [0.15, 0.2) is 0 Å². The van der Waals surface area contributed by atoms with E-state index in [1.807, 2.05) is 11.8 Å². The lowest BCUT2D eigenvalue weighted by atomic mass is 9.87. The molecule has 0 radical (unpaired) electrons. The van der Waals surface area contributed by atoms with Crippen molar-refractivity contribution < 1.29 is 4.79 Å². The second-order valence-corrected chi connectivity index (χ2v) is 5.58. The van der Waals surface area contributed by atoms with E-state index in [2.05, 4.69) is 11.4 Å². The number of amides is 1. The highest BCUT2D eigenvalue weighted by Crippen LogP contribution is 2.38. The highest BCUT2D eigenvalue weighted by molar-refractivity contribution is 7.99. The Labute approximate surface area is 94.6 Å². The molecule has 0 aromatic rings. The van der Waals surface area contributed by atoms with Crippen molar-refractivity contribution in [1.29, 1.82) is 5.26 Å². The van der Waals surface area contributed by atoms with Gasteiger partial charge >= 0.3 is 0 Å². The summed E-state index contributed by atoms with van der Waals surface area (Å²) in [5.74, 6) is 2.12. The lowest BCUT2D eigenvalue weighted by Gasteiger charge is -2.21. The van der Waals surface area contributed by atoms with Gasteiger partial charge in [0.05, 0.1) is 6.07 Å². The van der Waals surface area contributed by atoms with Crippen molar-refractivity contribution in [3.63, 3.8) is 0 Å². The van der Waals surface area contributed by atoms with Gasteiger partial charge in [0.1, 0.15) is 5.41 Å². The lowest BCUT2D eigenvalue weighted by molar-refractivity contribution is -0.128. The van der Waals surface area contributed by atoms with E-state index in [9.17, 15) is 4.79 Å². The minimum atomic E-state index is -0.701. The lowest BCUT2D eigenvalue weighted by Crippen LogP contribution is -2.43. The fraction of sp³-hybridized carbons (Fsp3) is 0.818. The summed E-state index contributed by atoms with van der Waals surface area (Å²) in [7, 11) is 0. The smallest absolute Gasteiger partial charge is 0.240 e. The predicted molar refractivity (Wildman–Crippen MR) is 60.4 cm³/mol. The zero-order valence-corrected chi connectivity index (χ0v) is 9.61. The zero-order chi connectivity index (χ0) is 10.7. The van der Waals surface area contributed by atoms with Gasteiger partial charge in [0.2, 0.25) is 5.91 Å². The first-order chi connectivity index (χ1) is 7.27. The fourth-order valence-electron chi connectivity index (χ4n) is 2.34. The summed E-state index contributed by atoms with van der Waals surface area (Å²) in [5.41, 5.74) is -0.701. The molecule has 1 amide bonds. The molecule has 1 N–H and O–H groups in total. The van der Waals surface area contributed by atoms with Crippen molar-refractivity contribution >= 4 is 17.7 Å². The average Bonchev–Trinajstić information content (AvgIpc) is 2.87. The molecule has 82 valence electrons. The van der Waals surface area contributed by atoms with E-state index in [-0.39, 0.29) is 5.91 Å². The van der Waals surface area contributed by atoms with Crippen LogP contribution in [0.2, 0.25) is 0 Å². The molecule has 15 heavy (non-hydrogen) atoms. The largest absolute Gasteiger partial charge is 0.351 e. The molecule has 1 saturated heterocycles. The third-order valence-corrected chi connectivity index (χ3v) is 4.53. The first-order valence-corrected chi connectivity index (χ1v) is 6.72. The molecule has 2 rings (SSSR count). The monoisotopic (exact) mass is 224 g/mol. The van der Waals surface area contributed by atoms with Gasteiger partial charge in [-0.1, -0.05) is 12.8 Å². The van der Waals surface area contributed by atoms with Crippen molar-refractivity contribution in [1.82, 2.24) is 5.32 Å². The normalized spacial score (nSPS) is 28.6. The molecular weight excluding hydrogens is 208 g/mol. The van der Waals surface area contributed by atoms with Crippen LogP contribution < -0.4 is 5.32 Å². The molecule has 2 fully saturated rings. The van der Waals surface area contributed by atoms with Crippen LogP contribution >= 0.6 is 11.8 Å². The van der Waals surface area contributed by atoms with Gasteiger partial charge in [-0.25, -0.2) is 0 Å². The summed E-state index contributed by atoms with van der Waals surface area (Å²) >= 11 is 1.88. The van der Waals surface area contributed by atoms with Crippen LogP contribution in [0.5, 0.6) is 0 Å². The molecule has 0 aromatic carbocycles. The highest BCUT2D eigenvalue weighted by atomic mass is 32.2. The number of thioether (sulfide) groups is 1. The maximum absolute atomic E-state index is 12.0. The van der Waals surface area contributed by atoms with Crippen LogP contribution in [-0.2, 0) is 4.79 Å². The molecule has 0 aromatic heterocycles. The van der Waals surface area contributed by atoms with E-state index in [4.69, 9.17) is 5.26 Å². The molecule has 3 nitrogen and oxygen atoms in total. The van der Waals surface area contributed by atoms with Gasteiger partial charge in [0, 0.05) is 11.8 Å². The highest BCUT2D eigenvalue weighted by Gasteiger charge is 2.42. The Hall–Kier alpha value is -0.690. The Morgan fingerprint density at radius 1 is 1.47 bits per heavy atom. The summed E-state index contributed by atoms with van der Waals surface area (Å²) in [6.07, 6.45) is 4.57. The maximum Gasteiger partial charge on any atom is 0.240 e. The molecule has 0 bridgehead atoms. The minimum absolute atomic E-state index is 0.0185. The minimum Gasteiger partial charge on any atom is -0.351 e. The molecule has 1 saturated carbocycles. The molecule has 2 aliphatic rings. The number of nitrogens with zero attached hydrogens (tertiary/aromatic N) is 1. The summed E-state index contributed by atoms with van der Waals surface area (Å²) in [6, 6.07) is 2.53. The average molecular weight is 224 g/mol. The van der Waals surface area contributed by atoms with Crippen molar-refractivity contribution in [3.8, 4) is 6.07 Å². The second kappa shape index (κ2) is 4.44. The predicted octanol–water partition coefficient (Wildman–Crippen LogP) is 1.69. The second-order valence-electron chi connectivity index (χ2n) is 4.43. The van der Waals surface area contributed by atoms with Gasteiger partial charge in [-0.15, -0.1) is 0 Å². The number of rotatable bonds is 2. The number of nitrogens with one attached hydrogen (secondary N) is 1. The quantitative estimate of drug-likeness (QED) is 0.776. The third kappa shape index (κ3) is 2.12. The van der Waals surface area contributed by atoms with Crippen LogP contribution in [0.3, 0.4) is 0 Å². The molecule has 1 heterocycles. The van der Waals surface area contributed by atoms with Crippen LogP contribution in [0.4, 0.5) is 0 Å². The van der Waals surface area contributed by atoms with E-state index >= 15 is 0 Å². The van der Waals surface area contributed by atoms with Gasteiger partial charge in [0.25, 0.3) is 0 Å². The molecule has 1 aliphatic heterocycles. The number of nitriles is 1. The number of carbonyl (C=O) groups is 1. The zero-order valence-electron chi connectivity index (χ0n) is 8.79. The number of hydrogen-bond donors (Lipinski definition) is 1. The SMILES string of the molecule is N#CC1(C(=O)NC2CCSC2)CCCC1. The van der Waals surface area contributed by atoms with E-state index in [0.29, 0.717) is 6.04 Å². The molecular formula is C11H16N2OS.